The third-order valence-corrected chi connectivity index (χ3v) is 6.74. The number of ether oxygens (including phenoxy) is 4. The Balaban J connectivity index is 1.73. The van der Waals surface area contributed by atoms with Crippen LogP contribution in [0.1, 0.15) is 40.1 Å². The summed E-state index contributed by atoms with van der Waals surface area (Å²) < 4.78 is 20.9. The van der Waals surface area contributed by atoms with Crippen LogP contribution >= 0.6 is 11.8 Å². The summed E-state index contributed by atoms with van der Waals surface area (Å²) in [5.41, 5.74) is 2.53. The molecule has 1 fully saturated rings. The van der Waals surface area contributed by atoms with Crippen molar-refractivity contribution in [2.75, 3.05) is 32.3 Å². The number of nitrogens with zero attached hydrogens (tertiary/aromatic N) is 2. The lowest BCUT2D eigenvalue weighted by Gasteiger charge is -2.16. The van der Waals surface area contributed by atoms with E-state index in [0.29, 0.717) is 49.6 Å². The van der Waals surface area contributed by atoms with Gasteiger partial charge in [-0.3, -0.25) is 9.69 Å². The molecule has 0 atom stereocenters. The number of hydrogen-bond donors (Lipinski definition) is 0. The standard InChI is InChI=1S/C30H28N2O7S/c1-5-38-28(34)19-7-12-22(13-8-19)31-30-32(23-14-9-20(10-15-23)29(35)39-6-2)27(33)26(40-30)17-21-11-16-24(36-3)18-25(21)37-4/h7-18H,5-6H2,1-4H3. The lowest BCUT2D eigenvalue weighted by molar-refractivity contribution is -0.113. The van der Waals surface area contributed by atoms with Gasteiger partial charge in [-0.15, -0.1) is 0 Å². The number of aliphatic imine (C=N–C) groups is 1. The summed E-state index contributed by atoms with van der Waals surface area (Å²) in [5.74, 6) is 0.00783. The SMILES string of the molecule is CCOC(=O)c1ccc(N=C2SC(=Cc3ccc(OC)cc3OC)C(=O)N2c2ccc(C(=O)OCC)cc2)cc1. The molecular formula is C30H28N2O7S. The normalized spacial score (nSPS) is 14.9. The Morgan fingerprint density at radius 2 is 1.45 bits per heavy atom. The van der Waals surface area contributed by atoms with Crippen LogP contribution < -0.4 is 14.4 Å². The van der Waals surface area contributed by atoms with Gasteiger partial charge in [-0.05, 0) is 92.3 Å². The summed E-state index contributed by atoms with van der Waals surface area (Å²) in [6.07, 6.45) is 1.73. The van der Waals surface area contributed by atoms with Crippen LogP contribution in [-0.4, -0.2) is 50.4 Å². The Morgan fingerprint density at radius 1 is 0.850 bits per heavy atom. The Kier molecular flexibility index (Phi) is 9.23. The zero-order chi connectivity index (χ0) is 28.6. The van der Waals surface area contributed by atoms with E-state index in [1.54, 1.807) is 101 Å². The molecular weight excluding hydrogens is 532 g/mol. The fourth-order valence-electron chi connectivity index (χ4n) is 3.81. The molecule has 0 aromatic heterocycles. The van der Waals surface area contributed by atoms with Crippen LogP contribution in [0.15, 0.2) is 76.6 Å². The van der Waals surface area contributed by atoms with Crippen molar-refractivity contribution in [3.8, 4) is 11.5 Å². The number of benzene rings is 3. The molecule has 0 bridgehead atoms. The monoisotopic (exact) mass is 560 g/mol. The molecule has 1 amide bonds. The first-order chi connectivity index (χ1) is 19.4. The van der Waals surface area contributed by atoms with Crippen LogP contribution in [0.5, 0.6) is 11.5 Å². The van der Waals surface area contributed by atoms with Gasteiger partial charge in [0.2, 0.25) is 0 Å². The number of rotatable bonds is 9. The first-order valence-corrected chi connectivity index (χ1v) is 13.3. The fraction of sp³-hybridized carbons (Fsp3) is 0.200. The number of amides is 1. The van der Waals surface area contributed by atoms with Gasteiger partial charge in [0.25, 0.3) is 5.91 Å². The molecule has 0 radical (unpaired) electrons. The third-order valence-electron chi connectivity index (χ3n) is 5.77. The second-order valence-corrected chi connectivity index (χ2v) is 9.30. The van der Waals surface area contributed by atoms with E-state index in [1.807, 2.05) is 0 Å². The van der Waals surface area contributed by atoms with Crippen LogP contribution in [0.2, 0.25) is 0 Å². The summed E-state index contributed by atoms with van der Waals surface area (Å²) in [7, 11) is 3.11. The van der Waals surface area contributed by atoms with Crippen molar-refractivity contribution in [1.29, 1.82) is 0 Å². The molecule has 206 valence electrons. The summed E-state index contributed by atoms with van der Waals surface area (Å²) >= 11 is 1.20. The highest BCUT2D eigenvalue weighted by Gasteiger charge is 2.35. The molecule has 3 aromatic carbocycles. The molecule has 0 aliphatic carbocycles. The van der Waals surface area contributed by atoms with Gasteiger partial charge in [0.1, 0.15) is 11.5 Å². The van der Waals surface area contributed by atoms with E-state index in [-0.39, 0.29) is 19.1 Å². The van der Waals surface area contributed by atoms with Crippen molar-refractivity contribution < 1.29 is 33.3 Å². The molecule has 0 unspecified atom stereocenters. The molecule has 0 saturated carbocycles. The number of hydrogen-bond acceptors (Lipinski definition) is 9. The molecule has 1 aliphatic heterocycles. The van der Waals surface area contributed by atoms with Gasteiger partial charge in [-0.25, -0.2) is 14.6 Å². The summed E-state index contributed by atoms with van der Waals surface area (Å²) in [5, 5.41) is 0.400. The Hall–Kier alpha value is -4.57. The average Bonchev–Trinajstić information content (AvgIpc) is 3.27. The number of carbonyl (C=O) groups excluding carboxylic acids is 3. The van der Waals surface area contributed by atoms with Gasteiger partial charge in [-0.1, -0.05) is 0 Å². The van der Waals surface area contributed by atoms with Gasteiger partial charge in [-0.2, -0.15) is 0 Å². The number of carbonyl (C=O) groups is 3. The minimum absolute atomic E-state index is 0.260. The zero-order valence-corrected chi connectivity index (χ0v) is 23.3. The van der Waals surface area contributed by atoms with Gasteiger partial charge < -0.3 is 18.9 Å². The second-order valence-electron chi connectivity index (χ2n) is 8.29. The Labute approximate surface area is 236 Å². The van der Waals surface area contributed by atoms with E-state index >= 15 is 0 Å². The highest BCUT2D eigenvalue weighted by atomic mass is 32.2. The predicted molar refractivity (Wildman–Crippen MR) is 154 cm³/mol. The summed E-state index contributed by atoms with van der Waals surface area (Å²) in [4.78, 5) is 44.5. The Morgan fingerprint density at radius 3 is 2.00 bits per heavy atom. The minimum Gasteiger partial charge on any atom is -0.497 e. The van der Waals surface area contributed by atoms with Crippen LogP contribution in [0.4, 0.5) is 11.4 Å². The lowest BCUT2D eigenvalue weighted by Crippen LogP contribution is -2.28. The maximum atomic E-state index is 13.7. The van der Waals surface area contributed by atoms with E-state index in [1.165, 1.54) is 16.7 Å². The topological polar surface area (TPSA) is 104 Å². The van der Waals surface area contributed by atoms with Crippen LogP contribution in [0, 0.1) is 0 Å². The molecule has 4 rings (SSSR count). The van der Waals surface area contributed by atoms with Gasteiger partial charge in [0.15, 0.2) is 5.17 Å². The van der Waals surface area contributed by atoms with Crippen molar-refractivity contribution in [3.63, 3.8) is 0 Å². The Bertz CT molecular complexity index is 1460. The molecule has 1 saturated heterocycles. The van der Waals surface area contributed by atoms with E-state index in [9.17, 15) is 14.4 Å². The van der Waals surface area contributed by atoms with Crippen molar-refractivity contribution >= 4 is 52.2 Å². The maximum absolute atomic E-state index is 13.7. The van der Waals surface area contributed by atoms with Gasteiger partial charge in [0, 0.05) is 11.6 Å². The number of amidine groups is 1. The minimum atomic E-state index is -0.445. The number of methoxy groups -OCH3 is 2. The van der Waals surface area contributed by atoms with Crippen molar-refractivity contribution in [2.24, 2.45) is 4.99 Å². The number of esters is 2. The van der Waals surface area contributed by atoms with E-state index < -0.39 is 11.9 Å². The fourth-order valence-corrected chi connectivity index (χ4v) is 4.81. The molecule has 3 aromatic rings. The first-order valence-electron chi connectivity index (χ1n) is 12.5. The summed E-state index contributed by atoms with van der Waals surface area (Å²) in [6, 6.07) is 18.5. The third kappa shape index (κ3) is 6.35. The predicted octanol–water partition coefficient (Wildman–Crippen LogP) is 5.87. The van der Waals surface area contributed by atoms with Crippen molar-refractivity contribution in [2.45, 2.75) is 13.8 Å². The van der Waals surface area contributed by atoms with Crippen molar-refractivity contribution in [1.82, 2.24) is 0 Å². The second kappa shape index (κ2) is 13.0. The molecule has 9 nitrogen and oxygen atoms in total. The van der Waals surface area contributed by atoms with E-state index in [2.05, 4.69) is 0 Å². The van der Waals surface area contributed by atoms with Gasteiger partial charge in [0.05, 0.1) is 54.8 Å². The molecule has 1 aliphatic rings. The van der Waals surface area contributed by atoms with E-state index in [4.69, 9.17) is 23.9 Å². The molecule has 10 heteroatoms. The van der Waals surface area contributed by atoms with Gasteiger partial charge >= 0.3 is 11.9 Å². The highest BCUT2D eigenvalue weighted by Crippen LogP contribution is 2.39. The largest absolute Gasteiger partial charge is 0.497 e. The van der Waals surface area contributed by atoms with Crippen LogP contribution in [-0.2, 0) is 14.3 Å². The van der Waals surface area contributed by atoms with Crippen molar-refractivity contribution in [3.05, 3.63) is 88.3 Å². The maximum Gasteiger partial charge on any atom is 0.338 e. The molecule has 0 N–H and O–H groups in total. The lowest BCUT2D eigenvalue weighted by atomic mass is 10.1. The zero-order valence-electron chi connectivity index (χ0n) is 22.5. The number of anilines is 1. The average molecular weight is 561 g/mol. The van der Waals surface area contributed by atoms with Crippen LogP contribution in [0.25, 0.3) is 6.08 Å². The number of thioether (sulfide) groups is 1. The summed E-state index contributed by atoms with van der Waals surface area (Å²) in [6.45, 7) is 4.02. The highest BCUT2D eigenvalue weighted by molar-refractivity contribution is 8.19. The van der Waals surface area contributed by atoms with E-state index in [0.717, 1.165) is 0 Å². The smallest absolute Gasteiger partial charge is 0.338 e. The quantitative estimate of drug-likeness (QED) is 0.237. The molecule has 1 heterocycles. The first kappa shape index (κ1) is 28.4. The molecule has 0 spiro atoms. The molecule has 40 heavy (non-hydrogen) atoms. The van der Waals surface area contributed by atoms with Crippen LogP contribution in [0.3, 0.4) is 0 Å².